The molecule has 1 heterocycles. The molecule has 2 rings (SSSR count). The Balaban J connectivity index is 1.91. The summed E-state index contributed by atoms with van der Waals surface area (Å²) in [4.78, 5) is 2.50. The van der Waals surface area contributed by atoms with E-state index in [1.807, 2.05) is 12.1 Å². The highest BCUT2D eigenvalue weighted by Gasteiger charge is 2.21. The van der Waals surface area contributed by atoms with Crippen LogP contribution in [0.2, 0.25) is 5.02 Å². The number of nitrogens with zero attached hydrogens (tertiary/aromatic N) is 1. The van der Waals surface area contributed by atoms with Crippen LogP contribution in [0.15, 0.2) is 18.2 Å². The molecule has 0 atom stereocenters. The first kappa shape index (κ1) is 13.7. The number of anilines is 1. The monoisotopic (exact) mass is 266 g/mol. The minimum absolute atomic E-state index is 0.738. The molecule has 1 aliphatic rings. The van der Waals surface area contributed by atoms with Crippen molar-refractivity contribution in [2.45, 2.75) is 33.2 Å². The lowest BCUT2D eigenvalue weighted by atomic mass is 9.86. The van der Waals surface area contributed by atoms with Crippen LogP contribution >= 0.6 is 11.6 Å². The Morgan fingerprint density at radius 2 is 1.94 bits per heavy atom. The quantitative estimate of drug-likeness (QED) is 0.844. The second-order valence-electron chi connectivity index (χ2n) is 5.75. The fourth-order valence-corrected chi connectivity index (χ4v) is 3.07. The maximum Gasteiger partial charge on any atom is 0.0429 e. The third-order valence-electron chi connectivity index (χ3n) is 3.96. The van der Waals surface area contributed by atoms with Crippen molar-refractivity contribution in [3.05, 3.63) is 28.8 Å². The maximum atomic E-state index is 6.03. The molecule has 2 N–H and O–H groups in total. The van der Waals surface area contributed by atoms with Crippen LogP contribution < -0.4 is 5.73 Å². The summed E-state index contributed by atoms with van der Waals surface area (Å²) in [6.07, 6.45) is 2.63. The summed E-state index contributed by atoms with van der Waals surface area (Å²) in [5, 5.41) is 0.738. The summed E-state index contributed by atoms with van der Waals surface area (Å²) < 4.78 is 0. The van der Waals surface area contributed by atoms with Gasteiger partial charge >= 0.3 is 0 Å². The standard InChI is InChI=1S/C15H23ClN2/c1-11(2)13-3-5-18(6-4-13)10-12-7-14(16)9-15(17)8-12/h7-9,11,13H,3-6,10,17H2,1-2H3. The SMILES string of the molecule is CC(C)C1CCN(Cc2cc(N)cc(Cl)c2)CC1. The smallest absolute Gasteiger partial charge is 0.0429 e. The molecule has 100 valence electrons. The van der Waals surface area contributed by atoms with E-state index >= 15 is 0 Å². The normalized spacial score (nSPS) is 18.4. The third kappa shape index (κ3) is 3.63. The molecular formula is C15H23ClN2. The third-order valence-corrected chi connectivity index (χ3v) is 4.18. The molecule has 0 amide bonds. The van der Waals surface area contributed by atoms with Gasteiger partial charge in [0.1, 0.15) is 0 Å². The summed E-state index contributed by atoms with van der Waals surface area (Å²) in [5.41, 5.74) is 7.81. The molecule has 0 aromatic heterocycles. The first-order valence-electron chi connectivity index (χ1n) is 6.82. The predicted octanol–water partition coefficient (Wildman–Crippen LogP) is 3.79. The Hall–Kier alpha value is -0.730. The molecule has 0 unspecified atom stereocenters. The number of hydrogen-bond donors (Lipinski definition) is 1. The van der Waals surface area contributed by atoms with E-state index in [1.54, 1.807) is 6.07 Å². The van der Waals surface area contributed by atoms with Gasteiger partial charge in [-0.1, -0.05) is 25.4 Å². The fourth-order valence-electron chi connectivity index (χ4n) is 2.80. The van der Waals surface area contributed by atoms with E-state index in [0.29, 0.717) is 0 Å². The van der Waals surface area contributed by atoms with Gasteiger partial charge in [-0.05, 0) is 61.5 Å². The summed E-state index contributed by atoms with van der Waals surface area (Å²) in [6.45, 7) is 8.01. The van der Waals surface area contributed by atoms with Gasteiger partial charge in [0.15, 0.2) is 0 Å². The van der Waals surface area contributed by atoms with Crippen LogP contribution in [-0.4, -0.2) is 18.0 Å². The number of likely N-dealkylation sites (tertiary alicyclic amines) is 1. The zero-order valence-electron chi connectivity index (χ0n) is 11.3. The predicted molar refractivity (Wildman–Crippen MR) is 78.7 cm³/mol. The molecule has 0 bridgehead atoms. The van der Waals surface area contributed by atoms with Gasteiger partial charge < -0.3 is 5.73 Å². The van der Waals surface area contributed by atoms with Crippen molar-refractivity contribution in [1.29, 1.82) is 0 Å². The van der Waals surface area contributed by atoms with Gasteiger partial charge in [0.2, 0.25) is 0 Å². The van der Waals surface area contributed by atoms with E-state index in [-0.39, 0.29) is 0 Å². The Morgan fingerprint density at radius 3 is 2.50 bits per heavy atom. The molecule has 1 aromatic carbocycles. The topological polar surface area (TPSA) is 29.3 Å². The highest BCUT2D eigenvalue weighted by atomic mass is 35.5. The van der Waals surface area contributed by atoms with Crippen LogP contribution in [0.25, 0.3) is 0 Å². The van der Waals surface area contributed by atoms with Gasteiger partial charge in [0.25, 0.3) is 0 Å². The number of benzene rings is 1. The van der Waals surface area contributed by atoms with Crippen molar-refractivity contribution >= 4 is 17.3 Å². The number of halogens is 1. The summed E-state index contributed by atoms with van der Waals surface area (Å²) in [5.74, 6) is 1.71. The van der Waals surface area contributed by atoms with Crippen LogP contribution in [0, 0.1) is 11.8 Å². The van der Waals surface area contributed by atoms with Crippen molar-refractivity contribution in [3.63, 3.8) is 0 Å². The van der Waals surface area contributed by atoms with Crippen molar-refractivity contribution in [3.8, 4) is 0 Å². The van der Waals surface area contributed by atoms with Gasteiger partial charge in [0, 0.05) is 17.3 Å². The van der Waals surface area contributed by atoms with Gasteiger partial charge in [-0.25, -0.2) is 0 Å². The summed E-state index contributed by atoms with van der Waals surface area (Å²) >= 11 is 6.03. The molecule has 3 heteroatoms. The lowest BCUT2D eigenvalue weighted by Gasteiger charge is -2.33. The molecule has 0 saturated carbocycles. The molecule has 1 aromatic rings. The first-order chi connectivity index (χ1) is 8.54. The van der Waals surface area contributed by atoms with E-state index in [0.717, 1.165) is 29.1 Å². The molecule has 0 radical (unpaired) electrons. The van der Waals surface area contributed by atoms with Gasteiger partial charge in [-0.15, -0.1) is 0 Å². The fraction of sp³-hybridized carbons (Fsp3) is 0.600. The minimum Gasteiger partial charge on any atom is -0.399 e. The zero-order chi connectivity index (χ0) is 13.1. The summed E-state index contributed by atoms with van der Waals surface area (Å²) in [7, 11) is 0. The number of rotatable bonds is 3. The van der Waals surface area contributed by atoms with Gasteiger partial charge in [-0.3, -0.25) is 4.90 Å². The minimum atomic E-state index is 0.738. The highest BCUT2D eigenvalue weighted by Crippen LogP contribution is 2.26. The molecule has 1 aliphatic heterocycles. The van der Waals surface area contributed by atoms with Gasteiger partial charge in [-0.2, -0.15) is 0 Å². The molecule has 0 aliphatic carbocycles. The molecule has 2 nitrogen and oxygen atoms in total. The van der Waals surface area contributed by atoms with Crippen LogP contribution in [0.4, 0.5) is 5.69 Å². The lowest BCUT2D eigenvalue weighted by Crippen LogP contribution is -2.34. The zero-order valence-corrected chi connectivity index (χ0v) is 12.1. The van der Waals surface area contributed by atoms with Crippen LogP contribution in [-0.2, 0) is 6.54 Å². The number of nitrogens with two attached hydrogens (primary N) is 1. The van der Waals surface area contributed by atoms with Crippen molar-refractivity contribution in [1.82, 2.24) is 4.90 Å². The maximum absolute atomic E-state index is 6.03. The average molecular weight is 267 g/mol. The molecule has 1 saturated heterocycles. The van der Waals surface area contributed by atoms with Crippen LogP contribution in [0.3, 0.4) is 0 Å². The average Bonchev–Trinajstić information content (AvgIpc) is 2.28. The Labute approximate surface area is 115 Å². The van der Waals surface area contributed by atoms with Crippen molar-refractivity contribution < 1.29 is 0 Å². The van der Waals surface area contributed by atoms with Crippen molar-refractivity contribution in [2.24, 2.45) is 11.8 Å². The number of hydrogen-bond acceptors (Lipinski definition) is 2. The Bertz CT molecular complexity index is 375. The van der Waals surface area contributed by atoms with E-state index in [9.17, 15) is 0 Å². The van der Waals surface area contributed by atoms with E-state index in [2.05, 4.69) is 18.7 Å². The van der Waals surface area contributed by atoms with E-state index in [1.165, 1.54) is 31.5 Å². The van der Waals surface area contributed by atoms with Crippen LogP contribution in [0.5, 0.6) is 0 Å². The number of nitrogen functional groups attached to an aromatic ring is 1. The van der Waals surface area contributed by atoms with E-state index in [4.69, 9.17) is 17.3 Å². The molecule has 0 spiro atoms. The number of piperidine rings is 1. The lowest BCUT2D eigenvalue weighted by molar-refractivity contribution is 0.152. The molecule has 1 fully saturated rings. The molecule has 18 heavy (non-hydrogen) atoms. The Kier molecular flexibility index (Phi) is 4.52. The second-order valence-corrected chi connectivity index (χ2v) is 6.19. The highest BCUT2D eigenvalue weighted by molar-refractivity contribution is 6.30. The second kappa shape index (κ2) is 5.94. The Morgan fingerprint density at radius 1 is 1.28 bits per heavy atom. The van der Waals surface area contributed by atoms with Crippen molar-refractivity contribution in [2.75, 3.05) is 18.8 Å². The summed E-state index contributed by atoms with van der Waals surface area (Å²) in [6, 6.07) is 5.85. The van der Waals surface area contributed by atoms with Crippen LogP contribution in [0.1, 0.15) is 32.3 Å². The molecular weight excluding hydrogens is 244 g/mol. The largest absolute Gasteiger partial charge is 0.399 e. The first-order valence-corrected chi connectivity index (χ1v) is 7.19. The van der Waals surface area contributed by atoms with E-state index < -0.39 is 0 Å². The van der Waals surface area contributed by atoms with Gasteiger partial charge in [0.05, 0.1) is 0 Å².